The maximum atomic E-state index is 13.0. The Morgan fingerprint density at radius 1 is 1.21 bits per heavy atom. The Morgan fingerprint density at radius 3 is 2.59 bits per heavy atom. The molecule has 0 saturated heterocycles. The summed E-state index contributed by atoms with van der Waals surface area (Å²) >= 11 is 3.03. The van der Waals surface area contributed by atoms with Crippen molar-refractivity contribution < 1.29 is 4.79 Å². The number of rotatable bonds is 8. The summed E-state index contributed by atoms with van der Waals surface area (Å²) in [5, 5.41) is 14.3. The second kappa shape index (κ2) is 10.0. The predicted octanol–water partition coefficient (Wildman–Crippen LogP) is 4.68. The number of anilines is 1. The van der Waals surface area contributed by atoms with Crippen LogP contribution < -0.4 is 10.9 Å². The summed E-state index contributed by atoms with van der Waals surface area (Å²) in [5.74, 6) is 1.12. The van der Waals surface area contributed by atoms with Crippen LogP contribution in [0.3, 0.4) is 0 Å². The quantitative estimate of drug-likeness (QED) is 0.358. The summed E-state index contributed by atoms with van der Waals surface area (Å²) < 4.78 is 5.30. The van der Waals surface area contributed by atoms with Gasteiger partial charge in [-0.3, -0.25) is 14.3 Å². The third-order valence-electron chi connectivity index (χ3n) is 5.63. The molecule has 0 unspecified atom stereocenters. The van der Waals surface area contributed by atoms with Crippen LogP contribution >= 0.6 is 23.1 Å². The van der Waals surface area contributed by atoms with E-state index in [4.69, 9.17) is 0 Å². The minimum Gasteiger partial charge on any atom is -0.319 e. The molecule has 0 atom stereocenters. The van der Waals surface area contributed by atoms with Crippen LogP contribution in [0.15, 0.2) is 51.7 Å². The van der Waals surface area contributed by atoms with E-state index in [-0.39, 0.29) is 22.9 Å². The molecular formula is C24H28N6O2S2. The van der Waals surface area contributed by atoms with Crippen LogP contribution in [0.5, 0.6) is 0 Å². The van der Waals surface area contributed by atoms with Gasteiger partial charge in [-0.15, -0.1) is 21.5 Å². The van der Waals surface area contributed by atoms with Crippen LogP contribution in [-0.2, 0) is 18.4 Å². The number of nitrogens with zero attached hydrogens (tertiary/aromatic N) is 5. The number of aromatic nitrogens is 5. The first kappa shape index (κ1) is 24.0. The van der Waals surface area contributed by atoms with Crippen molar-refractivity contribution in [3.05, 3.63) is 62.7 Å². The molecule has 1 aromatic carbocycles. The molecule has 178 valence electrons. The maximum absolute atomic E-state index is 13.0. The number of carbonyl (C=O) groups is 1. The Balaban J connectivity index is 1.49. The van der Waals surface area contributed by atoms with Crippen molar-refractivity contribution in [2.75, 3.05) is 11.1 Å². The van der Waals surface area contributed by atoms with Crippen molar-refractivity contribution in [1.29, 1.82) is 0 Å². The summed E-state index contributed by atoms with van der Waals surface area (Å²) in [6.45, 7) is 8.88. The summed E-state index contributed by atoms with van der Waals surface area (Å²) in [4.78, 5) is 27.1. The first-order valence-electron chi connectivity index (χ1n) is 11.1. The van der Waals surface area contributed by atoms with Gasteiger partial charge in [-0.05, 0) is 38.0 Å². The van der Waals surface area contributed by atoms with E-state index >= 15 is 0 Å². The van der Waals surface area contributed by atoms with Gasteiger partial charge in [-0.2, -0.15) is 0 Å². The van der Waals surface area contributed by atoms with Crippen molar-refractivity contribution in [3.63, 3.8) is 0 Å². The van der Waals surface area contributed by atoms with Crippen LogP contribution in [-0.4, -0.2) is 35.8 Å². The van der Waals surface area contributed by atoms with E-state index in [0.29, 0.717) is 23.3 Å². The first-order valence-corrected chi connectivity index (χ1v) is 13.0. The zero-order chi connectivity index (χ0) is 24.4. The van der Waals surface area contributed by atoms with Gasteiger partial charge in [0.25, 0.3) is 5.56 Å². The Hall–Kier alpha value is -3.11. The molecule has 3 aromatic heterocycles. The van der Waals surface area contributed by atoms with Gasteiger partial charge in [-0.25, -0.2) is 4.68 Å². The zero-order valence-corrected chi connectivity index (χ0v) is 21.5. The maximum Gasteiger partial charge on any atom is 0.295 e. The number of carbonyl (C=O) groups excluding carboxylic acids is 1. The average molecular weight is 497 g/mol. The number of hydrogen-bond donors (Lipinski definition) is 1. The number of hydrogen-bond acceptors (Lipinski definition) is 6. The van der Waals surface area contributed by atoms with Crippen LogP contribution in [0.1, 0.15) is 37.3 Å². The van der Waals surface area contributed by atoms with Gasteiger partial charge >= 0.3 is 0 Å². The smallest absolute Gasteiger partial charge is 0.295 e. The van der Waals surface area contributed by atoms with Gasteiger partial charge in [0.15, 0.2) is 11.0 Å². The highest BCUT2D eigenvalue weighted by molar-refractivity contribution is 7.99. The highest BCUT2D eigenvalue weighted by Crippen LogP contribution is 2.31. The van der Waals surface area contributed by atoms with E-state index in [0.717, 1.165) is 17.1 Å². The molecule has 3 heterocycles. The Morgan fingerprint density at radius 2 is 1.94 bits per heavy atom. The third kappa shape index (κ3) is 4.60. The fraction of sp³-hybridized carbons (Fsp3) is 0.333. The molecule has 4 rings (SSSR count). The topological polar surface area (TPSA) is 86.7 Å². The monoisotopic (exact) mass is 496 g/mol. The van der Waals surface area contributed by atoms with Gasteiger partial charge < -0.3 is 9.88 Å². The molecule has 0 saturated carbocycles. The number of amides is 1. The van der Waals surface area contributed by atoms with Crippen molar-refractivity contribution >= 4 is 34.7 Å². The van der Waals surface area contributed by atoms with Gasteiger partial charge in [0.2, 0.25) is 5.91 Å². The SMILES string of the molecule is CCn1c(SCC(=O)Nc2c(C)n(C)n(-c3ccccc3)c2=O)nnc1-c1csc(C(C)C)c1. The van der Waals surface area contributed by atoms with E-state index in [1.807, 2.05) is 48.7 Å². The molecule has 0 aliphatic heterocycles. The highest BCUT2D eigenvalue weighted by Gasteiger charge is 2.20. The number of benzene rings is 1. The average Bonchev–Trinajstić information content (AvgIpc) is 3.52. The lowest BCUT2D eigenvalue weighted by atomic mass is 10.1. The van der Waals surface area contributed by atoms with E-state index in [2.05, 4.69) is 40.8 Å². The molecule has 0 aliphatic rings. The predicted molar refractivity (Wildman–Crippen MR) is 138 cm³/mol. The standard InChI is InChI=1S/C24H28N6O2S2/c1-6-29-22(17-12-19(15(2)3)33-13-17)26-27-24(29)34-14-20(31)25-21-16(4)28(5)30(23(21)32)18-10-8-7-9-11-18/h7-13,15H,6,14H2,1-5H3,(H,25,31). The van der Waals surface area contributed by atoms with Crippen LogP contribution in [0.4, 0.5) is 5.69 Å². The Bertz CT molecular complexity index is 1360. The third-order valence-corrected chi connectivity index (χ3v) is 7.83. The molecule has 8 nitrogen and oxygen atoms in total. The van der Waals surface area contributed by atoms with Gasteiger partial charge in [0.1, 0.15) is 5.69 Å². The van der Waals surface area contributed by atoms with Crippen molar-refractivity contribution in [3.8, 4) is 17.1 Å². The van der Waals surface area contributed by atoms with Gasteiger partial charge in [0, 0.05) is 29.4 Å². The molecule has 10 heteroatoms. The molecule has 0 aliphatic carbocycles. The normalized spacial score (nSPS) is 11.4. The molecule has 34 heavy (non-hydrogen) atoms. The number of thiophene rings is 1. The first-order chi connectivity index (χ1) is 16.3. The van der Waals surface area contributed by atoms with Crippen LogP contribution in [0.2, 0.25) is 0 Å². The summed E-state index contributed by atoms with van der Waals surface area (Å²) in [7, 11) is 1.80. The minimum absolute atomic E-state index is 0.123. The molecule has 1 N–H and O–H groups in total. The van der Waals surface area contributed by atoms with Gasteiger partial charge in [-0.1, -0.05) is 43.8 Å². The fourth-order valence-electron chi connectivity index (χ4n) is 3.68. The van der Waals surface area contributed by atoms with E-state index in [1.165, 1.54) is 16.6 Å². The Kier molecular flexibility index (Phi) is 7.08. The number of nitrogens with one attached hydrogen (secondary N) is 1. The Labute approximate surface area is 206 Å². The summed E-state index contributed by atoms with van der Waals surface area (Å²) in [6, 6.07) is 11.5. The molecule has 0 fully saturated rings. The molecule has 1 amide bonds. The summed E-state index contributed by atoms with van der Waals surface area (Å²) in [6.07, 6.45) is 0. The van der Waals surface area contributed by atoms with Crippen LogP contribution in [0, 0.1) is 6.92 Å². The molecule has 4 aromatic rings. The van der Waals surface area contributed by atoms with Gasteiger partial charge in [0.05, 0.1) is 17.1 Å². The van der Waals surface area contributed by atoms with Crippen LogP contribution in [0.25, 0.3) is 17.1 Å². The molecule has 0 bridgehead atoms. The molecule has 0 spiro atoms. The zero-order valence-electron chi connectivity index (χ0n) is 19.9. The minimum atomic E-state index is -0.263. The molecule has 0 radical (unpaired) electrons. The lowest BCUT2D eigenvalue weighted by Gasteiger charge is -2.07. The van der Waals surface area contributed by atoms with E-state index in [9.17, 15) is 9.59 Å². The highest BCUT2D eigenvalue weighted by atomic mass is 32.2. The largest absolute Gasteiger partial charge is 0.319 e. The van der Waals surface area contributed by atoms with Crippen molar-refractivity contribution in [1.82, 2.24) is 24.1 Å². The number of para-hydroxylation sites is 1. The van der Waals surface area contributed by atoms with E-state index in [1.54, 1.807) is 27.7 Å². The lowest BCUT2D eigenvalue weighted by Crippen LogP contribution is -2.23. The second-order valence-electron chi connectivity index (χ2n) is 8.22. The van der Waals surface area contributed by atoms with Crippen molar-refractivity contribution in [2.24, 2.45) is 7.05 Å². The van der Waals surface area contributed by atoms with Crippen molar-refractivity contribution in [2.45, 2.75) is 45.3 Å². The van der Waals surface area contributed by atoms with E-state index < -0.39 is 0 Å². The lowest BCUT2D eigenvalue weighted by molar-refractivity contribution is -0.113. The number of thioether (sulfide) groups is 1. The second-order valence-corrected chi connectivity index (χ2v) is 10.1. The summed E-state index contributed by atoms with van der Waals surface area (Å²) in [5.41, 5.74) is 2.49. The fourth-order valence-corrected chi connectivity index (χ4v) is 5.39. The molecular weight excluding hydrogens is 468 g/mol.